The van der Waals surface area contributed by atoms with Crippen LogP contribution in [0, 0.1) is 0 Å². The van der Waals surface area contributed by atoms with E-state index < -0.39 is 18.2 Å². The summed E-state index contributed by atoms with van der Waals surface area (Å²) in [6, 6.07) is 0. The van der Waals surface area contributed by atoms with Gasteiger partial charge in [0.05, 0.1) is 0 Å². The molecule has 0 radical (unpaired) electrons. The number of likely N-dealkylation sites (tertiary alicyclic amines) is 1. The zero-order valence-corrected chi connectivity index (χ0v) is 11.6. The quantitative estimate of drug-likeness (QED) is 0.800. The van der Waals surface area contributed by atoms with Crippen molar-refractivity contribution in [3.63, 3.8) is 0 Å². The van der Waals surface area contributed by atoms with Crippen LogP contribution < -0.4 is 0 Å². The van der Waals surface area contributed by atoms with Gasteiger partial charge in [0.2, 0.25) is 0 Å². The van der Waals surface area contributed by atoms with E-state index in [1.807, 2.05) is 0 Å². The van der Waals surface area contributed by atoms with Gasteiger partial charge in [-0.3, -0.25) is 9.58 Å². The molecule has 0 aliphatic carbocycles. The third-order valence-electron chi connectivity index (χ3n) is 3.76. The fourth-order valence-corrected chi connectivity index (χ4v) is 2.61. The van der Waals surface area contributed by atoms with Crippen molar-refractivity contribution in [2.45, 2.75) is 31.2 Å². The molecule has 0 aromatic carbocycles. The SMILES string of the molecule is COC1(C(F)(F)F)CCN(Cc2cn(C)nc2C(F)F)C1. The van der Waals surface area contributed by atoms with Gasteiger partial charge >= 0.3 is 6.18 Å². The number of hydrogen-bond acceptors (Lipinski definition) is 3. The maximum Gasteiger partial charge on any atom is 0.418 e. The maximum atomic E-state index is 13.1. The topological polar surface area (TPSA) is 30.3 Å². The second-order valence-electron chi connectivity index (χ2n) is 5.17. The molecular weight excluding hydrogens is 297 g/mol. The van der Waals surface area contributed by atoms with E-state index in [0.29, 0.717) is 0 Å². The fraction of sp³-hybridized carbons (Fsp3) is 0.750. The number of aromatic nitrogens is 2. The van der Waals surface area contributed by atoms with Crippen LogP contribution in [0.25, 0.3) is 0 Å². The highest BCUT2D eigenvalue weighted by molar-refractivity contribution is 5.18. The normalized spacial score (nSPS) is 24.2. The molecule has 0 saturated carbocycles. The van der Waals surface area contributed by atoms with Crippen LogP contribution in [0.5, 0.6) is 0 Å². The molecular formula is C12H16F5N3O. The first-order chi connectivity index (χ1) is 9.68. The van der Waals surface area contributed by atoms with Crippen LogP contribution in [0.3, 0.4) is 0 Å². The van der Waals surface area contributed by atoms with E-state index in [1.165, 1.54) is 22.8 Å². The van der Waals surface area contributed by atoms with Gasteiger partial charge in [0.25, 0.3) is 6.43 Å². The summed E-state index contributed by atoms with van der Waals surface area (Å²) < 4.78 is 70.7. The molecule has 2 rings (SSSR count). The Morgan fingerprint density at radius 1 is 1.43 bits per heavy atom. The first-order valence-electron chi connectivity index (χ1n) is 6.33. The third-order valence-corrected chi connectivity index (χ3v) is 3.76. The van der Waals surface area contributed by atoms with Crippen LogP contribution in [-0.2, 0) is 18.3 Å². The van der Waals surface area contributed by atoms with Gasteiger partial charge in [-0.15, -0.1) is 0 Å². The van der Waals surface area contributed by atoms with Gasteiger partial charge in [-0.25, -0.2) is 8.78 Å². The average molecular weight is 313 g/mol. The maximum absolute atomic E-state index is 13.1. The van der Waals surface area contributed by atoms with Crippen molar-refractivity contribution < 1.29 is 26.7 Å². The average Bonchev–Trinajstić information content (AvgIpc) is 2.93. The molecule has 4 nitrogen and oxygen atoms in total. The van der Waals surface area contributed by atoms with Crippen LogP contribution in [0.15, 0.2) is 6.20 Å². The second kappa shape index (κ2) is 5.53. The molecule has 21 heavy (non-hydrogen) atoms. The Labute approximate surface area is 118 Å². The van der Waals surface area contributed by atoms with Gasteiger partial charge in [-0.2, -0.15) is 18.3 Å². The number of ether oxygens (including phenoxy) is 1. The van der Waals surface area contributed by atoms with Gasteiger partial charge in [-0.05, 0) is 6.42 Å². The summed E-state index contributed by atoms with van der Waals surface area (Å²) in [5.41, 5.74) is -2.37. The lowest BCUT2D eigenvalue weighted by atomic mass is 10.0. The summed E-state index contributed by atoms with van der Waals surface area (Å²) in [6.45, 7) is -0.246. The van der Waals surface area contributed by atoms with Crippen molar-refractivity contribution in [2.24, 2.45) is 7.05 Å². The monoisotopic (exact) mass is 313 g/mol. The zero-order chi connectivity index (χ0) is 15.8. The van der Waals surface area contributed by atoms with Crippen molar-refractivity contribution in [1.82, 2.24) is 14.7 Å². The van der Waals surface area contributed by atoms with Crippen LogP contribution in [0.1, 0.15) is 24.1 Å². The number of alkyl halides is 5. The molecule has 1 aromatic rings. The first-order valence-corrected chi connectivity index (χ1v) is 6.33. The number of hydrogen-bond donors (Lipinski definition) is 0. The van der Waals surface area contributed by atoms with Gasteiger partial charge in [0.15, 0.2) is 5.60 Å². The van der Waals surface area contributed by atoms with E-state index in [1.54, 1.807) is 0 Å². The highest BCUT2D eigenvalue weighted by atomic mass is 19.4. The van der Waals surface area contributed by atoms with E-state index >= 15 is 0 Å². The second-order valence-corrected chi connectivity index (χ2v) is 5.17. The Morgan fingerprint density at radius 3 is 2.57 bits per heavy atom. The summed E-state index contributed by atoms with van der Waals surface area (Å²) in [5, 5.41) is 3.64. The lowest BCUT2D eigenvalue weighted by Crippen LogP contribution is -2.49. The molecule has 1 atom stereocenters. The Morgan fingerprint density at radius 2 is 2.10 bits per heavy atom. The molecule has 1 fully saturated rings. The molecule has 1 aliphatic heterocycles. The minimum absolute atomic E-state index is 0.00525. The first kappa shape index (κ1) is 16.2. The van der Waals surface area contributed by atoms with Crippen molar-refractivity contribution in [1.29, 1.82) is 0 Å². The molecule has 0 spiro atoms. The lowest BCUT2D eigenvalue weighted by molar-refractivity contribution is -0.264. The standard InChI is InChI=1S/C12H16F5N3O/c1-19-5-8(9(18-19)10(13)14)6-20-4-3-11(7-20,21-2)12(15,16)17/h5,10H,3-4,6-7H2,1-2H3. The zero-order valence-electron chi connectivity index (χ0n) is 11.6. The smallest absolute Gasteiger partial charge is 0.367 e. The number of methoxy groups -OCH3 is 1. The molecule has 120 valence electrons. The predicted molar refractivity (Wildman–Crippen MR) is 63.9 cm³/mol. The predicted octanol–water partition coefficient (Wildman–Crippen LogP) is 2.51. The highest BCUT2D eigenvalue weighted by Gasteiger charge is 2.58. The molecule has 1 saturated heterocycles. The van der Waals surface area contributed by atoms with Crippen LogP contribution in [-0.4, -0.2) is 46.7 Å². The summed E-state index contributed by atoms with van der Waals surface area (Å²) in [6.07, 6.45) is -6.05. The van der Waals surface area contributed by atoms with E-state index in [2.05, 4.69) is 9.84 Å². The van der Waals surface area contributed by atoms with Crippen LogP contribution in [0.4, 0.5) is 22.0 Å². The Kier molecular flexibility index (Phi) is 4.25. The van der Waals surface area contributed by atoms with Gasteiger partial charge in [0.1, 0.15) is 5.69 Å². The van der Waals surface area contributed by atoms with E-state index in [9.17, 15) is 22.0 Å². The Hall–Kier alpha value is -1.22. The lowest BCUT2D eigenvalue weighted by Gasteiger charge is -2.30. The Balaban J connectivity index is 2.13. The summed E-state index contributed by atoms with van der Waals surface area (Å²) in [4.78, 5) is 1.46. The van der Waals surface area contributed by atoms with Gasteiger partial charge in [-0.1, -0.05) is 0 Å². The van der Waals surface area contributed by atoms with E-state index in [4.69, 9.17) is 0 Å². The molecule has 1 unspecified atom stereocenters. The molecule has 1 aromatic heterocycles. The van der Waals surface area contributed by atoms with Gasteiger partial charge in [0, 0.05) is 45.6 Å². The van der Waals surface area contributed by atoms with E-state index in [-0.39, 0.29) is 37.3 Å². The fourth-order valence-electron chi connectivity index (χ4n) is 2.61. The molecule has 0 N–H and O–H groups in total. The number of aryl methyl sites for hydroxylation is 1. The van der Waals surface area contributed by atoms with Crippen molar-refractivity contribution in [2.75, 3.05) is 20.2 Å². The van der Waals surface area contributed by atoms with Crippen molar-refractivity contribution in [3.8, 4) is 0 Å². The number of rotatable bonds is 4. The molecule has 0 amide bonds. The number of halogens is 5. The largest absolute Gasteiger partial charge is 0.418 e. The highest BCUT2D eigenvalue weighted by Crippen LogP contribution is 2.41. The molecule has 2 heterocycles. The molecule has 0 bridgehead atoms. The minimum Gasteiger partial charge on any atom is -0.367 e. The van der Waals surface area contributed by atoms with Crippen molar-refractivity contribution >= 4 is 0 Å². The number of nitrogens with zero attached hydrogens (tertiary/aromatic N) is 3. The van der Waals surface area contributed by atoms with Gasteiger partial charge < -0.3 is 4.74 Å². The van der Waals surface area contributed by atoms with Crippen LogP contribution >= 0.6 is 0 Å². The summed E-state index contributed by atoms with van der Waals surface area (Å²) in [5.74, 6) is 0. The van der Waals surface area contributed by atoms with Crippen molar-refractivity contribution in [3.05, 3.63) is 17.5 Å². The molecule has 9 heteroatoms. The summed E-state index contributed by atoms with van der Waals surface area (Å²) >= 11 is 0. The Bertz CT molecular complexity index is 502. The molecule has 1 aliphatic rings. The third kappa shape index (κ3) is 3.03. The summed E-state index contributed by atoms with van der Waals surface area (Å²) in [7, 11) is 2.51. The van der Waals surface area contributed by atoms with E-state index in [0.717, 1.165) is 7.11 Å². The minimum atomic E-state index is -4.49. The van der Waals surface area contributed by atoms with Crippen LogP contribution in [0.2, 0.25) is 0 Å².